The van der Waals surface area contributed by atoms with Gasteiger partial charge in [-0.05, 0) is 111 Å². The number of nitrogens with zero attached hydrogens (tertiary/aromatic N) is 1. The van der Waals surface area contributed by atoms with Gasteiger partial charge in [-0.15, -0.1) is 11.8 Å². The van der Waals surface area contributed by atoms with Crippen molar-refractivity contribution in [2.75, 3.05) is 16.0 Å². The van der Waals surface area contributed by atoms with Crippen molar-refractivity contribution in [2.45, 2.75) is 57.7 Å². The molecule has 4 nitrogen and oxygen atoms in total. The van der Waals surface area contributed by atoms with Gasteiger partial charge < -0.3 is 5.32 Å². The summed E-state index contributed by atoms with van der Waals surface area (Å²) in [6.07, 6.45) is 7.26. The molecule has 1 heterocycles. The predicted octanol–water partition coefficient (Wildman–Crippen LogP) is 6.24. The van der Waals surface area contributed by atoms with Crippen molar-refractivity contribution in [3.63, 3.8) is 0 Å². The van der Waals surface area contributed by atoms with Crippen LogP contribution in [0.2, 0.25) is 0 Å². The number of amides is 2. The summed E-state index contributed by atoms with van der Waals surface area (Å²) in [5.74, 6) is 3.15. The van der Waals surface area contributed by atoms with Gasteiger partial charge in [-0.1, -0.05) is 18.2 Å². The van der Waals surface area contributed by atoms with Crippen molar-refractivity contribution in [3.8, 4) is 0 Å². The molecule has 7 rings (SSSR count). The summed E-state index contributed by atoms with van der Waals surface area (Å²) in [7, 11) is 0. The average Bonchev–Trinajstić information content (AvgIpc) is 3.16. The molecule has 172 valence electrons. The number of benzene rings is 2. The molecule has 5 heteroatoms. The number of hydrogen-bond acceptors (Lipinski definition) is 3. The molecule has 2 aromatic rings. The van der Waals surface area contributed by atoms with E-state index in [4.69, 9.17) is 0 Å². The molecule has 1 aliphatic heterocycles. The first-order valence-corrected chi connectivity index (χ1v) is 13.4. The van der Waals surface area contributed by atoms with Gasteiger partial charge in [0.2, 0.25) is 11.8 Å². The van der Waals surface area contributed by atoms with E-state index in [1.54, 1.807) is 11.8 Å². The summed E-state index contributed by atoms with van der Waals surface area (Å²) >= 11 is 1.66. The van der Waals surface area contributed by atoms with Crippen LogP contribution in [0.15, 0.2) is 42.5 Å². The molecule has 0 unspecified atom stereocenters. The first kappa shape index (κ1) is 21.3. The third-order valence-electron chi connectivity index (χ3n) is 8.61. The lowest BCUT2D eigenvalue weighted by Gasteiger charge is -2.55. The van der Waals surface area contributed by atoms with Crippen LogP contribution in [0.1, 0.15) is 60.6 Å². The third kappa shape index (κ3) is 3.69. The first-order chi connectivity index (χ1) is 15.9. The maximum absolute atomic E-state index is 13.4. The zero-order valence-corrected chi connectivity index (χ0v) is 20.3. The van der Waals surface area contributed by atoms with E-state index in [9.17, 15) is 9.59 Å². The summed E-state index contributed by atoms with van der Waals surface area (Å²) in [4.78, 5) is 28.0. The Bertz CT molecular complexity index is 1070. The average molecular weight is 461 g/mol. The van der Waals surface area contributed by atoms with E-state index in [0.29, 0.717) is 5.75 Å². The number of anilines is 2. The maximum atomic E-state index is 13.4. The van der Waals surface area contributed by atoms with E-state index in [0.717, 1.165) is 54.0 Å². The van der Waals surface area contributed by atoms with Crippen molar-refractivity contribution in [1.82, 2.24) is 0 Å². The molecule has 33 heavy (non-hydrogen) atoms. The molecule has 0 radical (unpaired) electrons. The maximum Gasteiger partial charge on any atom is 0.238 e. The molecule has 4 aliphatic carbocycles. The van der Waals surface area contributed by atoms with Crippen LogP contribution < -0.4 is 10.2 Å². The minimum atomic E-state index is -0.138. The van der Waals surface area contributed by atoms with Gasteiger partial charge in [0.1, 0.15) is 5.37 Å². The molecule has 2 aromatic carbocycles. The van der Waals surface area contributed by atoms with Crippen LogP contribution in [0, 0.1) is 37.0 Å². The Kier molecular flexibility index (Phi) is 5.09. The third-order valence-corrected chi connectivity index (χ3v) is 9.82. The van der Waals surface area contributed by atoms with Crippen molar-refractivity contribution < 1.29 is 9.59 Å². The van der Waals surface area contributed by atoms with Crippen LogP contribution in [-0.4, -0.2) is 17.6 Å². The molecule has 1 saturated heterocycles. The van der Waals surface area contributed by atoms with Crippen LogP contribution >= 0.6 is 11.8 Å². The molecule has 0 spiro atoms. The van der Waals surface area contributed by atoms with Crippen LogP contribution in [-0.2, 0) is 9.59 Å². The molecule has 5 fully saturated rings. The molecule has 0 aromatic heterocycles. The minimum Gasteiger partial charge on any atom is -0.326 e. The second-order valence-electron chi connectivity index (χ2n) is 11.0. The van der Waals surface area contributed by atoms with E-state index in [2.05, 4.69) is 43.4 Å². The topological polar surface area (TPSA) is 49.4 Å². The van der Waals surface area contributed by atoms with Crippen molar-refractivity contribution >= 4 is 35.0 Å². The Hall–Kier alpha value is -2.27. The largest absolute Gasteiger partial charge is 0.326 e. The monoisotopic (exact) mass is 460 g/mol. The molecule has 1 N–H and O–H groups in total. The summed E-state index contributed by atoms with van der Waals surface area (Å²) in [6, 6.07) is 14.4. The number of nitrogens with one attached hydrogen (secondary N) is 1. The summed E-state index contributed by atoms with van der Waals surface area (Å²) in [5, 5.41) is 3.22. The van der Waals surface area contributed by atoms with Gasteiger partial charge in [0.15, 0.2) is 0 Å². The Labute approximate surface area is 200 Å². The quantitative estimate of drug-likeness (QED) is 0.588. The first-order valence-electron chi connectivity index (χ1n) is 12.3. The fourth-order valence-electron chi connectivity index (χ4n) is 7.21. The summed E-state index contributed by atoms with van der Waals surface area (Å²) in [6.45, 7) is 4.18. The zero-order valence-electron chi connectivity index (χ0n) is 19.5. The highest BCUT2D eigenvalue weighted by molar-refractivity contribution is 8.00. The number of aryl methyl sites for hydroxylation is 2. The second-order valence-corrected chi connectivity index (χ2v) is 12.0. The fraction of sp³-hybridized carbons (Fsp3) is 0.500. The second kappa shape index (κ2) is 7.90. The van der Waals surface area contributed by atoms with Crippen molar-refractivity contribution in [3.05, 3.63) is 59.2 Å². The zero-order chi connectivity index (χ0) is 22.7. The van der Waals surface area contributed by atoms with Gasteiger partial charge in [-0.2, -0.15) is 0 Å². The van der Waals surface area contributed by atoms with Gasteiger partial charge in [0, 0.05) is 11.4 Å². The lowest BCUT2D eigenvalue weighted by atomic mass is 9.49. The number of rotatable bonds is 4. The van der Waals surface area contributed by atoms with Crippen molar-refractivity contribution in [2.24, 2.45) is 23.2 Å². The number of hydrogen-bond donors (Lipinski definition) is 1. The highest BCUT2D eigenvalue weighted by atomic mass is 32.2. The van der Waals surface area contributed by atoms with Crippen LogP contribution in [0.3, 0.4) is 0 Å². The molecular weight excluding hydrogens is 428 g/mol. The highest BCUT2D eigenvalue weighted by Crippen LogP contribution is 2.60. The van der Waals surface area contributed by atoms with E-state index < -0.39 is 0 Å². The summed E-state index contributed by atoms with van der Waals surface area (Å²) in [5.41, 5.74) is 5.20. The molecule has 1 atom stereocenters. The molecular formula is C28H32N2O2S. The van der Waals surface area contributed by atoms with Gasteiger partial charge in [0.25, 0.3) is 0 Å². The SMILES string of the molecule is Cc1ccc(N2C(=O)CS[C@@H]2c2ccc(NC(=O)C34CC5CC(CC(C5)C3)C4)cc2)cc1C. The standard InChI is InChI=1S/C28H32N2O2S/c1-17-3-8-24(9-18(17)2)30-25(31)16-33-26(30)22-4-6-23(7-5-22)29-27(32)28-13-19-10-20(14-28)12-21(11-19)15-28/h3-9,19-21,26H,10-16H2,1-2H3,(H,29,32)/t19?,20?,21?,26-,28?/m1/s1. The Morgan fingerprint density at radius 3 is 2.18 bits per heavy atom. The lowest BCUT2D eigenvalue weighted by molar-refractivity contribution is -0.140. The summed E-state index contributed by atoms with van der Waals surface area (Å²) < 4.78 is 0. The molecule has 2 amide bonds. The Morgan fingerprint density at radius 2 is 1.58 bits per heavy atom. The molecule has 4 bridgehead atoms. The van der Waals surface area contributed by atoms with Crippen LogP contribution in [0.5, 0.6) is 0 Å². The van der Waals surface area contributed by atoms with Gasteiger partial charge >= 0.3 is 0 Å². The van der Waals surface area contributed by atoms with E-state index in [1.807, 2.05) is 23.1 Å². The smallest absolute Gasteiger partial charge is 0.238 e. The van der Waals surface area contributed by atoms with E-state index in [-0.39, 0.29) is 22.6 Å². The molecule has 5 aliphatic rings. The van der Waals surface area contributed by atoms with Crippen LogP contribution in [0.4, 0.5) is 11.4 Å². The Morgan fingerprint density at radius 1 is 0.939 bits per heavy atom. The van der Waals surface area contributed by atoms with E-state index >= 15 is 0 Å². The number of thioether (sulfide) groups is 1. The van der Waals surface area contributed by atoms with Gasteiger partial charge in [-0.3, -0.25) is 14.5 Å². The number of carbonyl (C=O) groups excluding carboxylic acids is 2. The van der Waals surface area contributed by atoms with E-state index in [1.165, 1.54) is 30.4 Å². The normalized spacial score (nSPS) is 32.4. The van der Waals surface area contributed by atoms with Crippen LogP contribution in [0.25, 0.3) is 0 Å². The minimum absolute atomic E-state index is 0.0347. The highest BCUT2D eigenvalue weighted by Gasteiger charge is 2.54. The van der Waals surface area contributed by atoms with Gasteiger partial charge in [0.05, 0.1) is 11.2 Å². The van der Waals surface area contributed by atoms with Gasteiger partial charge in [-0.25, -0.2) is 0 Å². The predicted molar refractivity (Wildman–Crippen MR) is 134 cm³/mol. The Balaban J connectivity index is 1.19. The number of carbonyl (C=O) groups is 2. The fourth-order valence-corrected chi connectivity index (χ4v) is 8.39. The van der Waals surface area contributed by atoms with Crippen molar-refractivity contribution in [1.29, 1.82) is 0 Å². The molecule has 4 saturated carbocycles. The lowest BCUT2D eigenvalue weighted by Crippen LogP contribution is -2.51.